The lowest BCUT2D eigenvalue weighted by molar-refractivity contribution is -0.126. The SMILES string of the molecule is C=CC(=O)N(CCC)CCC=O. The average molecular weight is 169 g/mol. The summed E-state index contributed by atoms with van der Waals surface area (Å²) in [4.78, 5) is 22.8. The van der Waals surface area contributed by atoms with E-state index in [0.29, 0.717) is 19.5 Å². The van der Waals surface area contributed by atoms with Gasteiger partial charge in [0.1, 0.15) is 6.29 Å². The summed E-state index contributed by atoms with van der Waals surface area (Å²) in [6, 6.07) is 0. The highest BCUT2D eigenvalue weighted by molar-refractivity contribution is 5.87. The molecule has 0 fully saturated rings. The fourth-order valence-electron chi connectivity index (χ4n) is 0.940. The van der Waals surface area contributed by atoms with Crippen LogP contribution in [0.5, 0.6) is 0 Å². The smallest absolute Gasteiger partial charge is 0.245 e. The molecule has 0 saturated carbocycles. The highest BCUT2D eigenvalue weighted by atomic mass is 16.2. The Morgan fingerprint density at radius 3 is 2.58 bits per heavy atom. The van der Waals surface area contributed by atoms with Crippen molar-refractivity contribution in [3.05, 3.63) is 12.7 Å². The monoisotopic (exact) mass is 169 g/mol. The van der Waals surface area contributed by atoms with Gasteiger partial charge in [-0.25, -0.2) is 0 Å². The number of hydrogen-bond donors (Lipinski definition) is 0. The number of amides is 1. The Hall–Kier alpha value is -1.12. The van der Waals surface area contributed by atoms with Crippen LogP contribution in [-0.4, -0.2) is 30.2 Å². The molecule has 68 valence electrons. The van der Waals surface area contributed by atoms with Gasteiger partial charge in [0.05, 0.1) is 0 Å². The van der Waals surface area contributed by atoms with Gasteiger partial charge in [0, 0.05) is 19.5 Å². The third kappa shape index (κ3) is 3.91. The minimum Gasteiger partial charge on any atom is -0.339 e. The summed E-state index contributed by atoms with van der Waals surface area (Å²) in [6.45, 7) is 6.58. The van der Waals surface area contributed by atoms with E-state index in [-0.39, 0.29) is 5.91 Å². The minimum atomic E-state index is -0.0984. The summed E-state index contributed by atoms with van der Waals surface area (Å²) in [5, 5.41) is 0. The third-order valence-electron chi connectivity index (χ3n) is 1.50. The Balaban J connectivity index is 3.92. The third-order valence-corrected chi connectivity index (χ3v) is 1.50. The summed E-state index contributed by atoms with van der Waals surface area (Å²) >= 11 is 0. The van der Waals surface area contributed by atoms with Crippen molar-refractivity contribution >= 4 is 12.2 Å². The normalized spacial score (nSPS) is 9.08. The maximum absolute atomic E-state index is 11.1. The lowest BCUT2D eigenvalue weighted by Crippen LogP contribution is -2.31. The van der Waals surface area contributed by atoms with Crippen LogP contribution in [0.4, 0.5) is 0 Å². The second-order valence-electron chi connectivity index (χ2n) is 2.48. The molecule has 0 aliphatic carbocycles. The molecule has 0 N–H and O–H groups in total. The molecule has 0 aliphatic heterocycles. The zero-order chi connectivity index (χ0) is 9.40. The molecule has 3 nitrogen and oxygen atoms in total. The van der Waals surface area contributed by atoms with Gasteiger partial charge in [0.25, 0.3) is 0 Å². The highest BCUT2D eigenvalue weighted by Crippen LogP contribution is 1.94. The van der Waals surface area contributed by atoms with Crippen molar-refractivity contribution in [3.8, 4) is 0 Å². The van der Waals surface area contributed by atoms with Gasteiger partial charge in [0.15, 0.2) is 0 Å². The van der Waals surface area contributed by atoms with Crippen molar-refractivity contribution < 1.29 is 9.59 Å². The van der Waals surface area contributed by atoms with Crippen molar-refractivity contribution in [2.75, 3.05) is 13.1 Å². The molecule has 0 rings (SSSR count). The second-order valence-corrected chi connectivity index (χ2v) is 2.48. The summed E-state index contributed by atoms with van der Waals surface area (Å²) in [6.07, 6.45) is 3.40. The second kappa shape index (κ2) is 6.58. The van der Waals surface area contributed by atoms with E-state index >= 15 is 0 Å². The Bertz CT molecular complexity index is 166. The average Bonchev–Trinajstić information content (AvgIpc) is 2.11. The molecule has 0 aliphatic rings. The summed E-state index contributed by atoms with van der Waals surface area (Å²) in [5.41, 5.74) is 0. The van der Waals surface area contributed by atoms with Gasteiger partial charge in [0.2, 0.25) is 5.91 Å². The molecule has 0 saturated heterocycles. The Morgan fingerprint density at radius 2 is 2.17 bits per heavy atom. The molecular formula is C9H15NO2. The maximum atomic E-state index is 11.1. The van der Waals surface area contributed by atoms with Crippen molar-refractivity contribution in [2.24, 2.45) is 0 Å². The first-order valence-corrected chi connectivity index (χ1v) is 4.11. The molecule has 12 heavy (non-hydrogen) atoms. The Morgan fingerprint density at radius 1 is 1.50 bits per heavy atom. The largest absolute Gasteiger partial charge is 0.339 e. The van der Waals surface area contributed by atoms with Crippen molar-refractivity contribution in [3.63, 3.8) is 0 Å². The molecule has 0 spiro atoms. The van der Waals surface area contributed by atoms with Crippen LogP contribution in [0, 0.1) is 0 Å². The van der Waals surface area contributed by atoms with E-state index in [0.717, 1.165) is 12.7 Å². The van der Waals surface area contributed by atoms with E-state index in [1.165, 1.54) is 6.08 Å². The summed E-state index contributed by atoms with van der Waals surface area (Å²) in [7, 11) is 0. The van der Waals surface area contributed by atoms with Crippen molar-refractivity contribution in [1.82, 2.24) is 4.90 Å². The van der Waals surface area contributed by atoms with Crippen LogP contribution in [0.25, 0.3) is 0 Å². The molecule has 1 amide bonds. The molecule has 0 aromatic carbocycles. The number of aldehydes is 1. The van der Waals surface area contributed by atoms with Crippen LogP contribution in [0.1, 0.15) is 19.8 Å². The first-order chi connectivity index (χ1) is 5.76. The lowest BCUT2D eigenvalue weighted by atomic mass is 10.3. The van der Waals surface area contributed by atoms with Crippen LogP contribution in [-0.2, 0) is 9.59 Å². The zero-order valence-corrected chi connectivity index (χ0v) is 7.45. The van der Waals surface area contributed by atoms with Gasteiger partial charge in [-0.15, -0.1) is 0 Å². The minimum absolute atomic E-state index is 0.0984. The van der Waals surface area contributed by atoms with E-state index in [4.69, 9.17) is 0 Å². The first kappa shape index (κ1) is 10.9. The molecule has 0 aromatic heterocycles. The van der Waals surface area contributed by atoms with Gasteiger partial charge in [-0.05, 0) is 12.5 Å². The maximum Gasteiger partial charge on any atom is 0.245 e. The van der Waals surface area contributed by atoms with Crippen molar-refractivity contribution in [2.45, 2.75) is 19.8 Å². The number of carbonyl (C=O) groups is 2. The van der Waals surface area contributed by atoms with E-state index < -0.39 is 0 Å². The number of rotatable bonds is 6. The Labute approximate surface area is 73.1 Å². The van der Waals surface area contributed by atoms with Gasteiger partial charge in [-0.1, -0.05) is 13.5 Å². The van der Waals surface area contributed by atoms with Crippen LogP contribution < -0.4 is 0 Å². The molecule has 0 unspecified atom stereocenters. The van der Waals surface area contributed by atoms with Gasteiger partial charge in [-0.3, -0.25) is 4.79 Å². The van der Waals surface area contributed by atoms with E-state index in [1.807, 2.05) is 6.92 Å². The van der Waals surface area contributed by atoms with Crippen LogP contribution in [0.15, 0.2) is 12.7 Å². The fraction of sp³-hybridized carbons (Fsp3) is 0.556. The molecule has 3 heteroatoms. The predicted octanol–water partition coefficient (Wildman–Crippen LogP) is 1.00. The van der Waals surface area contributed by atoms with Crippen molar-refractivity contribution in [1.29, 1.82) is 0 Å². The van der Waals surface area contributed by atoms with Gasteiger partial charge >= 0.3 is 0 Å². The van der Waals surface area contributed by atoms with E-state index in [1.54, 1.807) is 4.90 Å². The fourth-order valence-corrected chi connectivity index (χ4v) is 0.940. The standard InChI is InChI=1S/C9H15NO2/c1-3-6-10(7-5-8-11)9(12)4-2/h4,8H,2-3,5-7H2,1H3. The molecule has 0 atom stereocenters. The van der Waals surface area contributed by atoms with Crippen LogP contribution in [0.3, 0.4) is 0 Å². The molecular weight excluding hydrogens is 154 g/mol. The van der Waals surface area contributed by atoms with Gasteiger partial charge < -0.3 is 9.69 Å². The quantitative estimate of drug-likeness (QED) is 0.439. The molecule has 0 heterocycles. The first-order valence-electron chi connectivity index (χ1n) is 4.11. The molecule has 0 aromatic rings. The number of carbonyl (C=O) groups excluding carboxylic acids is 2. The van der Waals surface area contributed by atoms with Gasteiger partial charge in [-0.2, -0.15) is 0 Å². The van der Waals surface area contributed by atoms with Crippen LogP contribution >= 0.6 is 0 Å². The molecule has 0 radical (unpaired) electrons. The zero-order valence-electron chi connectivity index (χ0n) is 7.45. The predicted molar refractivity (Wildman–Crippen MR) is 47.7 cm³/mol. The highest BCUT2D eigenvalue weighted by Gasteiger charge is 2.06. The topological polar surface area (TPSA) is 37.4 Å². The van der Waals surface area contributed by atoms with E-state index in [9.17, 15) is 9.59 Å². The van der Waals surface area contributed by atoms with Crippen LogP contribution in [0.2, 0.25) is 0 Å². The molecule has 0 bridgehead atoms. The lowest BCUT2D eigenvalue weighted by Gasteiger charge is -2.18. The summed E-state index contributed by atoms with van der Waals surface area (Å²) in [5.74, 6) is -0.0984. The summed E-state index contributed by atoms with van der Waals surface area (Å²) < 4.78 is 0. The number of nitrogens with zero attached hydrogens (tertiary/aromatic N) is 1. The number of hydrogen-bond acceptors (Lipinski definition) is 2. The Kier molecular flexibility index (Phi) is 5.97. The van der Waals surface area contributed by atoms with E-state index in [2.05, 4.69) is 6.58 Å².